The summed E-state index contributed by atoms with van der Waals surface area (Å²) in [5.41, 5.74) is -0.545. The molecule has 0 radical (unpaired) electrons. The molecule has 1 saturated heterocycles. The van der Waals surface area contributed by atoms with Gasteiger partial charge in [-0.1, -0.05) is 5.16 Å². The Labute approximate surface area is 158 Å². The second kappa shape index (κ2) is 8.41. The van der Waals surface area contributed by atoms with Crippen LogP contribution < -0.4 is 10.6 Å². The zero-order chi connectivity index (χ0) is 20.2. The van der Waals surface area contributed by atoms with Gasteiger partial charge >= 0.3 is 6.09 Å². The van der Waals surface area contributed by atoms with Gasteiger partial charge in [0.25, 0.3) is 0 Å². The molecule has 2 heterocycles. The first-order valence-electron chi connectivity index (χ1n) is 9.07. The van der Waals surface area contributed by atoms with Crippen molar-refractivity contribution in [2.75, 3.05) is 18.4 Å². The van der Waals surface area contributed by atoms with Gasteiger partial charge < -0.3 is 24.8 Å². The van der Waals surface area contributed by atoms with Crippen molar-refractivity contribution in [2.24, 2.45) is 5.92 Å². The molecule has 2 N–H and O–H groups in total. The highest BCUT2D eigenvalue weighted by Crippen LogP contribution is 2.20. The van der Waals surface area contributed by atoms with E-state index in [9.17, 15) is 14.4 Å². The first kappa shape index (κ1) is 20.7. The predicted octanol–water partition coefficient (Wildman–Crippen LogP) is 2.07. The fourth-order valence-electron chi connectivity index (χ4n) is 2.71. The van der Waals surface area contributed by atoms with E-state index in [-0.39, 0.29) is 23.8 Å². The van der Waals surface area contributed by atoms with Crippen molar-refractivity contribution < 1.29 is 23.6 Å². The van der Waals surface area contributed by atoms with Crippen LogP contribution in [0.3, 0.4) is 0 Å². The maximum Gasteiger partial charge on any atom is 0.410 e. The van der Waals surface area contributed by atoms with E-state index in [1.165, 1.54) is 0 Å². The second-order valence-electron chi connectivity index (χ2n) is 7.78. The number of likely N-dealkylation sites (tertiary alicyclic amines) is 1. The average molecular weight is 380 g/mol. The van der Waals surface area contributed by atoms with Crippen LogP contribution in [0.15, 0.2) is 10.6 Å². The van der Waals surface area contributed by atoms with Crippen molar-refractivity contribution in [2.45, 2.75) is 59.1 Å². The maximum atomic E-state index is 12.4. The molecule has 9 nitrogen and oxygen atoms in total. The number of hydrogen-bond donors (Lipinski definition) is 2. The van der Waals surface area contributed by atoms with Crippen molar-refractivity contribution in [3.8, 4) is 0 Å². The molecule has 150 valence electrons. The number of anilines is 1. The van der Waals surface area contributed by atoms with E-state index >= 15 is 0 Å². The Kier molecular flexibility index (Phi) is 6.45. The first-order valence-corrected chi connectivity index (χ1v) is 9.07. The van der Waals surface area contributed by atoms with Gasteiger partial charge in [0.2, 0.25) is 11.8 Å². The zero-order valence-corrected chi connectivity index (χ0v) is 16.5. The topological polar surface area (TPSA) is 114 Å². The third-order valence-electron chi connectivity index (χ3n) is 4.15. The number of nitrogens with zero attached hydrogens (tertiary/aromatic N) is 2. The largest absolute Gasteiger partial charge is 0.444 e. The fraction of sp³-hybridized carbons (Fsp3) is 0.667. The lowest BCUT2D eigenvalue weighted by Crippen LogP contribution is -2.48. The van der Waals surface area contributed by atoms with Gasteiger partial charge in [-0.25, -0.2) is 4.79 Å². The van der Waals surface area contributed by atoms with E-state index in [2.05, 4.69) is 15.8 Å². The van der Waals surface area contributed by atoms with E-state index in [4.69, 9.17) is 9.26 Å². The Bertz CT molecular complexity index is 686. The van der Waals surface area contributed by atoms with E-state index in [0.717, 1.165) is 0 Å². The van der Waals surface area contributed by atoms with Gasteiger partial charge in [-0.3, -0.25) is 9.59 Å². The van der Waals surface area contributed by atoms with Gasteiger partial charge in [-0.2, -0.15) is 0 Å². The maximum absolute atomic E-state index is 12.4. The quantitative estimate of drug-likeness (QED) is 0.827. The minimum atomic E-state index is -0.710. The Balaban J connectivity index is 1.78. The normalized spacial score (nSPS) is 16.6. The molecule has 3 amide bonds. The highest BCUT2D eigenvalue weighted by molar-refractivity contribution is 5.96. The van der Waals surface area contributed by atoms with Crippen LogP contribution in [0.2, 0.25) is 0 Å². The molecule has 27 heavy (non-hydrogen) atoms. The molecule has 1 aromatic rings. The number of carbonyl (C=O) groups excluding carboxylic acids is 3. The summed E-state index contributed by atoms with van der Waals surface area (Å²) in [6.45, 7) is 9.68. The van der Waals surface area contributed by atoms with Crippen LogP contribution in [0.1, 0.15) is 46.3 Å². The number of aromatic nitrogens is 1. The van der Waals surface area contributed by atoms with Crippen LogP contribution in [-0.2, 0) is 14.3 Å². The molecule has 1 atom stereocenters. The highest BCUT2D eigenvalue weighted by Gasteiger charge is 2.31. The van der Waals surface area contributed by atoms with Gasteiger partial charge in [0.15, 0.2) is 5.82 Å². The summed E-state index contributed by atoms with van der Waals surface area (Å²) in [5, 5.41) is 8.99. The minimum Gasteiger partial charge on any atom is -0.444 e. The summed E-state index contributed by atoms with van der Waals surface area (Å²) in [6, 6.07) is 0.886. The molecule has 1 fully saturated rings. The van der Waals surface area contributed by atoms with Crippen LogP contribution in [-0.4, -0.2) is 52.7 Å². The van der Waals surface area contributed by atoms with E-state index in [1.54, 1.807) is 24.8 Å². The molecule has 0 spiro atoms. The molecule has 1 aliphatic rings. The third-order valence-corrected chi connectivity index (χ3v) is 4.15. The molecule has 0 aliphatic carbocycles. The number of carbonyl (C=O) groups is 3. The summed E-state index contributed by atoms with van der Waals surface area (Å²) >= 11 is 0. The Morgan fingerprint density at radius 2 is 1.93 bits per heavy atom. The number of ether oxygens (including phenoxy) is 1. The summed E-state index contributed by atoms with van der Waals surface area (Å²) < 4.78 is 10.2. The molecule has 1 aromatic heterocycles. The standard InChI is InChI=1S/C18H28N4O5/c1-11-10-14(21-27-11)20-15(23)12(2)19-16(24)13-6-8-22(9-7-13)17(25)26-18(3,4)5/h10,12-13H,6-9H2,1-5H3,(H,19,24)(H,20,21,23). The molecular weight excluding hydrogens is 352 g/mol. The van der Waals surface area contributed by atoms with Gasteiger partial charge in [-0.15, -0.1) is 0 Å². The van der Waals surface area contributed by atoms with Crippen molar-refractivity contribution in [3.63, 3.8) is 0 Å². The van der Waals surface area contributed by atoms with Crippen LogP contribution >= 0.6 is 0 Å². The average Bonchev–Trinajstić information content (AvgIpc) is 2.98. The lowest BCUT2D eigenvalue weighted by Gasteiger charge is -2.33. The third kappa shape index (κ3) is 6.26. The van der Waals surface area contributed by atoms with Crippen molar-refractivity contribution >= 4 is 23.7 Å². The number of aryl methyl sites for hydroxylation is 1. The second-order valence-corrected chi connectivity index (χ2v) is 7.78. The van der Waals surface area contributed by atoms with Crippen LogP contribution in [0.5, 0.6) is 0 Å². The summed E-state index contributed by atoms with van der Waals surface area (Å²) in [6.07, 6.45) is 0.695. The SMILES string of the molecule is Cc1cc(NC(=O)C(C)NC(=O)C2CCN(C(=O)OC(C)(C)C)CC2)no1. The van der Waals surface area contributed by atoms with Crippen molar-refractivity contribution in [1.82, 2.24) is 15.4 Å². The highest BCUT2D eigenvalue weighted by atomic mass is 16.6. The summed E-state index contributed by atoms with van der Waals surface area (Å²) in [7, 11) is 0. The molecule has 1 unspecified atom stereocenters. The molecule has 0 aromatic carbocycles. The van der Waals surface area contributed by atoms with Crippen LogP contribution in [0, 0.1) is 12.8 Å². The van der Waals surface area contributed by atoms with E-state index in [0.29, 0.717) is 37.5 Å². The van der Waals surface area contributed by atoms with E-state index in [1.807, 2.05) is 20.8 Å². The Morgan fingerprint density at radius 3 is 2.44 bits per heavy atom. The molecular formula is C18H28N4O5. The molecule has 1 aliphatic heterocycles. The van der Waals surface area contributed by atoms with Crippen molar-refractivity contribution in [3.05, 3.63) is 11.8 Å². The van der Waals surface area contributed by atoms with Gasteiger partial charge in [0.1, 0.15) is 17.4 Å². The van der Waals surface area contributed by atoms with Crippen LogP contribution in [0.4, 0.5) is 10.6 Å². The lowest BCUT2D eigenvalue weighted by atomic mass is 9.96. The molecule has 0 bridgehead atoms. The number of rotatable bonds is 4. The Morgan fingerprint density at radius 1 is 1.30 bits per heavy atom. The van der Waals surface area contributed by atoms with Gasteiger partial charge in [0.05, 0.1) is 0 Å². The number of amides is 3. The minimum absolute atomic E-state index is 0.196. The first-order chi connectivity index (χ1) is 12.5. The zero-order valence-electron chi connectivity index (χ0n) is 16.5. The molecule has 0 saturated carbocycles. The Hall–Kier alpha value is -2.58. The number of hydrogen-bond acceptors (Lipinski definition) is 6. The summed E-state index contributed by atoms with van der Waals surface area (Å²) in [4.78, 5) is 38.2. The number of piperidine rings is 1. The lowest BCUT2D eigenvalue weighted by molar-refractivity contribution is -0.130. The van der Waals surface area contributed by atoms with Gasteiger partial charge in [-0.05, 0) is 47.5 Å². The smallest absolute Gasteiger partial charge is 0.410 e. The van der Waals surface area contributed by atoms with Crippen LogP contribution in [0.25, 0.3) is 0 Å². The number of nitrogens with one attached hydrogen (secondary N) is 2. The molecule has 2 rings (SSSR count). The predicted molar refractivity (Wildman–Crippen MR) is 98.0 cm³/mol. The fourth-order valence-corrected chi connectivity index (χ4v) is 2.71. The van der Waals surface area contributed by atoms with Crippen molar-refractivity contribution in [1.29, 1.82) is 0 Å². The summed E-state index contributed by atoms with van der Waals surface area (Å²) in [5.74, 6) is 0.0805. The van der Waals surface area contributed by atoms with Gasteiger partial charge in [0, 0.05) is 25.1 Å². The van der Waals surface area contributed by atoms with E-state index < -0.39 is 11.6 Å². The molecule has 9 heteroatoms. The monoisotopic (exact) mass is 380 g/mol.